The van der Waals surface area contributed by atoms with Crippen molar-refractivity contribution < 1.29 is 14.3 Å². The standard InChI is InChI=1S/C21H32N4O3/c1-2-19-15-25(12-13-28-19)21(27)17-24-10-8-23(9-11-24)16-20(26)22-14-18-6-4-3-5-7-18/h3-7,19H,2,8-17H2,1H3,(H,22,26). The molecule has 0 bridgehead atoms. The molecule has 1 aromatic carbocycles. The van der Waals surface area contributed by atoms with Crippen LogP contribution in [0.1, 0.15) is 18.9 Å². The first-order valence-electron chi connectivity index (χ1n) is 10.3. The van der Waals surface area contributed by atoms with E-state index in [-0.39, 0.29) is 17.9 Å². The number of rotatable bonds is 7. The van der Waals surface area contributed by atoms with Crippen molar-refractivity contribution in [2.24, 2.45) is 0 Å². The number of nitrogens with zero attached hydrogens (tertiary/aromatic N) is 3. The smallest absolute Gasteiger partial charge is 0.236 e. The van der Waals surface area contributed by atoms with E-state index in [0.717, 1.165) is 38.2 Å². The third kappa shape index (κ3) is 6.29. The van der Waals surface area contributed by atoms with Crippen LogP contribution in [-0.2, 0) is 20.9 Å². The third-order valence-electron chi connectivity index (χ3n) is 5.47. The highest BCUT2D eigenvalue weighted by Crippen LogP contribution is 2.10. The van der Waals surface area contributed by atoms with Crippen LogP contribution in [0.5, 0.6) is 0 Å². The Labute approximate surface area is 167 Å². The van der Waals surface area contributed by atoms with E-state index in [9.17, 15) is 9.59 Å². The summed E-state index contributed by atoms with van der Waals surface area (Å²) in [4.78, 5) is 31.0. The summed E-state index contributed by atoms with van der Waals surface area (Å²) >= 11 is 0. The molecule has 2 heterocycles. The first kappa shape index (κ1) is 20.8. The molecular formula is C21H32N4O3. The van der Waals surface area contributed by atoms with Gasteiger partial charge in [-0.3, -0.25) is 19.4 Å². The largest absolute Gasteiger partial charge is 0.375 e. The Hall–Kier alpha value is -1.96. The van der Waals surface area contributed by atoms with E-state index in [4.69, 9.17) is 4.74 Å². The lowest BCUT2D eigenvalue weighted by molar-refractivity contribution is -0.140. The predicted molar refractivity (Wildman–Crippen MR) is 108 cm³/mol. The summed E-state index contributed by atoms with van der Waals surface area (Å²) in [7, 11) is 0. The van der Waals surface area contributed by atoms with Gasteiger partial charge in [-0.05, 0) is 12.0 Å². The number of hydrogen-bond acceptors (Lipinski definition) is 5. The zero-order valence-corrected chi connectivity index (χ0v) is 16.8. The molecule has 7 heteroatoms. The first-order valence-corrected chi connectivity index (χ1v) is 10.3. The molecule has 2 aliphatic heterocycles. The lowest BCUT2D eigenvalue weighted by Gasteiger charge is -2.37. The summed E-state index contributed by atoms with van der Waals surface area (Å²) in [6.45, 7) is 8.82. The Morgan fingerprint density at radius 2 is 1.71 bits per heavy atom. The topological polar surface area (TPSA) is 65.1 Å². The highest BCUT2D eigenvalue weighted by atomic mass is 16.5. The number of benzene rings is 1. The molecule has 1 aromatic rings. The molecule has 28 heavy (non-hydrogen) atoms. The van der Waals surface area contributed by atoms with E-state index in [1.165, 1.54) is 0 Å². The van der Waals surface area contributed by atoms with E-state index < -0.39 is 0 Å². The number of piperazine rings is 1. The van der Waals surface area contributed by atoms with Crippen LogP contribution in [0.4, 0.5) is 0 Å². The van der Waals surface area contributed by atoms with Crippen molar-refractivity contribution in [3.05, 3.63) is 35.9 Å². The summed E-state index contributed by atoms with van der Waals surface area (Å²) in [6, 6.07) is 9.93. The third-order valence-corrected chi connectivity index (χ3v) is 5.47. The van der Waals surface area contributed by atoms with Crippen LogP contribution in [-0.4, -0.2) is 91.6 Å². The summed E-state index contributed by atoms with van der Waals surface area (Å²) in [5.41, 5.74) is 1.10. The molecule has 1 unspecified atom stereocenters. The van der Waals surface area contributed by atoms with E-state index in [1.807, 2.05) is 35.2 Å². The van der Waals surface area contributed by atoms with Gasteiger partial charge in [0.05, 0.1) is 25.8 Å². The molecule has 0 aliphatic carbocycles. The first-order chi connectivity index (χ1) is 13.6. The fourth-order valence-corrected chi connectivity index (χ4v) is 3.65. The van der Waals surface area contributed by atoms with Gasteiger partial charge in [0, 0.05) is 45.8 Å². The second kappa shape index (κ2) is 10.5. The van der Waals surface area contributed by atoms with Gasteiger partial charge in [0.2, 0.25) is 11.8 Å². The van der Waals surface area contributed by atoms with Crippen molar-refractivity contribution in [3.63, 3.8) is 0 Å². The van der Waals surface area contributed by atoms with Gasteiger partial charge in [-0.1, -0.05) is 37.3 Å². The second-order valence-electron chi connectivity index (χ2n) is 7.56. The van der Waals surface area contributed by atoms with E-state index in [0.29, 0.717) is 39.3 Å². The maximum absolute atomic E-state index is 12.6. The minimum absolute atomic E-state index is 0.0484. The minimum Gasteiger partial charge on any atom is -0.375 e. The number of carbonyl (C=O) groups is 2. The molecule has 2 saturated heterocycles. The highest BCUT2D eigenvalue weighted by molar-refractivity contribution is 5.78. The van der Waals surface area contributed by atoms with E-state index in [2.05, 4.69) is 22.0 Å². The monoisotopic (exact) mass is 388 g/mol. The van der Waals surface area contributed by atoms with Crippen LogP contribution in [0.3, 0.4) is 0 Å². The number of carbonyl (C=O) groups excluding carboxylic acids is 2. The fourth-order valence-electron chi connectivity index (χ4n) is 3.65. The Balaban J connectivity index is 1.34. The summed E-state index contributed by atoms with van der Waals surface area (Å²) in [5, 5.41) is 2.98. The molecule has 0 aromatic heterocycles. The van der Waals surface area contributed by atoms with Crippen molar-refractivity contribution in [1.29, 1.82) is 0 Å². The molecule has 0 saturated carbocycles. The summed E-state index contributed by atoms with van der Waals surface area (Å²) < 4.78 is 5.64. The number of ether oxygens (including phenoxy) is 1. The molecule has 1 N–H and O–H groups in total. The molecule has 0 radical (unpaired) electrons. The summed E-state index contributed by atoms with van der Waals surface area (Å²) in [6.07, 6.45) is 1.11. The predicted octanol–water partition coefficient (Wildman–Crippen LogP) is 0.558. The minimum atomic E-state index is 0.0484. The van der Waals surface area contributed by atoms with Gasteiger partial charge in [-0.15, -0.1) is 0 Å². The van der Waals surface area contributed by atoms with Crippen molar-refractivity contribution >= 4 is 11.8 Å². The zero-order chi connectivity index (χ0) is 19.8. The lowest BCUT2D eigenvalue weighted by atomic mass is 10.2. The van der Waals surface area contributed by atoms with Crippen molar-refractivity contribution in [2.45, 2.75) is 26.0 Å². The molecule has 3 rings (SSSR count). The van der Waals surface area contributed by atoms with E-state index in [1.54, 1.807) is 0 Å². The maximum atomic E-state index is 12.6. The highest BCUT2D eigenvalue weighted by Gasteiger charge is 2.26. The lowest BCUT2D eigenvalue weighted by Crippen LogP contribution is -2.53. The van der Waals surface area contributed by atoms with Crippen molar-refractivity contribution in [2.75, 3.05) is 59.0 Å². The van der Waals surface area contributed by atoms with Crippen LogP contribution < -0.4 is 5.32 Å². The Morgan fingerprint density at radius 3 is 2.39 bits per heavy atom. The SMILES string of the molecule is CCC1CN(C(=O)CN2CCN(CC(=O)NCc3ccccc3)CC2)CCO1. The van der Waals surface area contributed by atoms with Crippen LogP contribution in [0.15, 0.2) is 30.3 Å². The molecule has 1 atom stereocenters. The molecule has 7 nitrogen and oxygen atoms in total. The average Bonchev–Trinajstić information content (AvgIpc) is 2.74. The van der Waals surface area contributed by atoms with Crippen LogP contribution >= 0.6 is 0 Å². The zero-order valence-electron chi connectivity index (χ0n) is 16.8. The molecule has 154 valence electrons. The van der Waals surface area contributed by atoms with Crippen LogP contribution in [0.2, 0.25) is 0 Å². The van der Waals surface area contributed by atoms with E-state index >= 15 is 0 Å². The van der Waals surface area contributed by atoms with Crippen LogP contribution in [0.25, 0.3) is 0 Å². The average molecular weight is 389 g/mol. The van der Waals surface area contributed by atoms with Crippen molar-refractivity contribution in [1.82, 2.24) is 20.0 Å². The van der Waals surface area contributed by atoms with Gasteiger partial charge in [0.25, 0.3) is 0 Å². The summed E-state index contributed by atoms with van der Waals surface area (Å²) in [5.74, 6) is 0.239. The molecule has 0 spiro atoms. The quantitative estimate of drug-likeness (QED) is 0.739. The van der Waals surface area contributed by atoms with Crippen molar-refractivity contribution in [3.8, 4) is 0 Å². The number of nitrogens with one attached hydrogen (secondary N) is 1. The van der Waals surface area contributed by atoms with Crippen LogP contribution in [0, 0.1) is 0 Å². The second-order valence-corrected chi connectivity index (χ2v) is 7.56. The fraction of sp³-hybridized carbons (Fsp3) is 0.619. The van der Waals surface area contributed by atoms with Gasteiger partial charge in [-0.25, -0.2) is 0 Å². The molecular weight excluding hydrogens is 356 g/mol. The van der Waals surface area contributed by atoms with Gasteiger partial charge in [0.1, 0.15) is 0 Å². The normalized spacial score (nSPS) is 21.5. The Kier molecular flexibility index (Phi) is 7.82. The number of morpholine rings is 1. The molecule has 2 amide bonds. The number of hydrogen-bond donors (Lipinski definition) is 1. The van der Waals surface area contributed by atoms with Gasteiger partial charge >= 0.3 is 0 Å². The Morgan fingerprint density at radius 1 is 1.04 bits per heavy atom. The Bertz CT molecular complexity index is 632. The number of amides is 2. The molecule has 2 aliphatic rings. The maximum Gasteiger partial charge on any atom is 0.236 e. The van der Waals surface area contributed by atoms with Gasteiger partial charge < -0.3 is 15.0 Å². The van der Waals surface area contributed by atoms with Gasteiger partial charge in [0.15, 0.2) is 0 Å². The molecule has 2 fully saturated rings. The van der Waals surface area contributed by atoms with Gasteiger partial charge in [-0.2, -0.15) is 0 Å².